The van der Waals surface area contributed by atoms with Gasteiger partial charge in [-0.2, -0.15) is 0 Å². The summed E-state index contributed by atoms with van der Waals surface area (Å²) in [4.78, 5) is 66.1. The lowest BCUT2D eigenvalue weighted by atomic mass is 10.0. The zero-order valence-corrected chi connectivity index (χ0v) is 42.8. The Bertz CT molecular complexity index is 2010. The fourth-order valence-corrected chi connectivity index (χ4v) is 9.15. The third-order valence-electron chi connectivity index (χ3n) is 13.3. The van der Waals surface area contributed by atoms with Crippen LogP contribution in [0, 0.1) is 27.7 Å². The van der Waals surface area contributed by atoms with Crippen molar-refractivity contribution in [3.05, 3.63) is 118 Å². The van der Waals surface area contributed by atoms with E-state index in [1.807, 2.05) is 49.1 Å². The van der Waals surface area contributed by atoms with Crippen LogP contribution in [0.3, 0.4) is 0 Å². The Morgan fingerprint density at radius 3 is 0.708 bits per heavy atom. The predicted molar refractivity (Wildman–Crippen MR) is 269 cm³/mol. The van der Waals surface area contributed by atoms with Crippen LogP contribution >= 0.6 is 0 Å². The van der Waals surface area contributed by atoms with Crippen molar-refractivity contribution in [2.45, 2.75) is 128 Å². The van der Waals surface area contributed by atoms with Crippen molar-refractivity contribution in [1.29, 1.82) is 0 Å². The van der Waals surface area contributed by atoms with Crippen molar-refractivity contribution in [3.8, 4) is 0 Å². The first-order valence-corrected chi connectivity index (χ1v) is 24.2. The molecule has 4 aromatic heterocycles. The molecule has 0 radical (unpaired) electrons. The van der Waals surface area contributed by atoms with Crippen LogP contribution < -0.4 is 0 Å². The highest BCUT2D eigenvalue weighted by atomic mass is 16.4. The molecule has 8 atom stereocenters. The molecule has 4 aliphatic heterocycles. The van der Waals surface area contributed by atoms with Crippen LogP contribution in [0.2, 0.25) is 0 Å². The van der Waals surface area contributed by atoms with Gasteiger partial charge in [-0.05, 0) is 180 Å². The Labute approximate surface area is 422 Å². The third-order valence-corrected chi connectivity index (χ3v) is 13.3. The molecule has 0 aliphatic carbocycles. The summed E-state index contributed by atoms with van der Waals surface area (Å²) in [6, 6.07) is 19.4. The second kappa shape index (κ2) is 30.3. The van der Waals surface area contributed by atoms with Crippen molar-refractivity contribution < 1.29 is 60.0 Å². The molecule has 20 nitrogen and oxygen atoms in total. The summed E-state index contributed by atoms with van der Waals surface area (Å²) < 4.78 is 0. The third kappa shape index (κ3) is 18.3. The van der Waals surface area contributed by atoms with E-state index in [0.717, 1.165) is 0 Å². The van der Waals surface area contributed by atoms with Gasteiger partial charge in [0.2, 0.25) is 0 Å². The fraction of sp³-hybridized carbons (Fsp3) is 0.538. The van der Waals surface area contributed by atoms with Crippen molar-refractivity contribution >= 4 is 23.9 Å². The Kier molecular flexibility index (Phi) is 25.4. The molecule has 0 spiro atoms. The summed E-state index contributed by atoms with van der Waals surface area (Å²) in [5.41, 5.74) is 10.3. The number of aliphatic hydroxyl groups excluding tert-OH is 4. The van der Waals surface area contributed by atoms with Crippen LogP contribution in [0.1, 0.15) is 121 Å². The number of likely N-dealkylation sites (tertiary alicyclic amines) is 4. The normalized spacial score (nSPS) is 21.5. The van der Waals surface area contributed by atoms with Crippen molar-refractivity contribution in [2.75, 3.05) is 54.4 Å². The van der Waals surface area contributed by atoms with Gasteiger partial charge >= 0.3 is 23.9 Å². The van der Waals surface area contributed by atoms with Gasteiger partial charge in [-0.1, -0.05) is 24.3 Å². The van der Waals surface area contributed by atoms with Gasteiger partial charge in [0, 0.05) is 71.7 Å². The van der Waals surface area contributed by atoms with Crippen LogP contribution in [-0.2, 0) is 19.2 Å². The summed E-state index contributed by atoms with van der Waals surface area (Å²) in [5, 5.41) is 65.1. The second-order valence-corrected chi connectivity index (χ2v) is 18.4. The summed E-state index contributed by atoms with van der Waals surface area (Å²) in [6.07, 6.45) is 8.79. The highest BCUT2D eigenvalue weighted by Crippen LogP contribution is 2.34. The van der Waals surface area contributed by atoms with E-state index in [4.69, 9.17) is 40.9 Å². The number of carboxylic acids is 4. The van der Waals surface area contributed by atoms with E-state index >= 15 is 0 Å². The number of aliphatic hydroxyl groups is 4. The zero-order valence-electron chi connectivity index (χ0n) is 42.8. The molecular weight excluding hydrogens is 929 g/mol. The predicted octanol–water partition coefficient (Wildman–Crippen LogP) is 4.38. The minimum atomic E-state index is -2.27. The monoisotopic (exact) mass is 1000 g/mol. The Morgan fingerprint density at radius 2 is 0.583 bits per heavy atom. The van der Waals surface area contributed by atoms with Gasteiger partial charge in [-0.25, -0.2) is 19.2 Å². The van der Waals surface area contributed by atoms with Crippen LogP contribution in [0.5, 0.6) is 0 Å². The summed E-state index contributed by atoms with van der Waals surface area (Å²) in [5.74, 6) is -7.07. The molecule has 72 heavy (non-hydrogen) atoms. The van der Waals surface area contributed by atoms with Gasteiger partial charge in [0.15, 0.2) is 24.4 Å². The number of hydrogen-bond acceptors (Lipinski definition) is 16. The molecule has 4 unspecified atom stereocenters. The topological polar surface area (TPSA) is 295 Å². The van der Waals surface area contributed by atoms with Crippen LogP contribution in [0.4, 0.5) is 0 Å². The lowest BCUT2D eigenvalue weighted by Crippen LogP contribution is -2.39. The van der Waals surface area contributed by atoms with E-state index in [-0.39, 0.29) is 0 Å². The number of nitrogens with zero attached hydrogens (tertiary/aromatic N) is 8. The molecule has 0 bridgehead atoms. The Morgan fingerprint density at radius 1 is 0.403 bits per heavy atom. The maximum absolute atomic E-state index is 9.77. The van der Waals surface area contributed by atoms with Gasteiger partial charge in [-0.3, -0.25) is 39.5 Å². The lowest BCUT2D eigenvalue weighted by Gasteiger charge is -2.20. The summed E-state index contributed by atoms with van der Waals surface area (Å²) in [7, 11) is 8.79. The van der Waals surface area contributed by atoms with Crippen LogP contribution in [0.15, 0.2) is 73.3 Å². The average Bonchev–Trinajstić information content (AvgIpc) is 4.19. The van der Waals surface area contributed by atoms with E-state index in [0.29, 0.717) is 24.2 Å². The quantitative estimate of drug-likeness (QED) is 0.109. The van der Waals surface area contributed by atoms with E-state index in [1.54, 1.807) is 0 Å². The maximum Gasteiger partial charge on any atom is 0.335 e. The smallest absolute Gasteiger partial charge is 0.335 e. The number of pyridine rings is 4. The highest BCUT2D eigenvalue weighted by molar-refractivity contribution is 5.83. The minimum Gasteiger partial charge on any atom is -0.479 e. The first kappa shape index (κ1) is 60.5. The first-order chi connectivity index (χ1) is 34.1. The highest BCUT2D eigenvalue weighted by Gasteiger charge is 2.31. The Balaban J connectivity index is 0.000000229. The number of carbonyl (C=O) groups is 4. The lowest BCUT2D eigenvalue weighted by molar-refractivity contribution is -0.165. The maximum atomic E-state index is 9.77. The standard InChI is InChI=1S/4C11H16N2.2C4H6O6/c4*1-9-10(5-3-7-12-9)11-6-4-8-13(11)2;2*5-1(3(7)8)2(6)4(9)10/h4*3,5,7,11H,4,6,8H2,1-2H3;2*1-2,5-6H,(H,7,8)(H,9,10)/t4*11-;;/m0000../s1. The number of aromatic nitrogens is 4. The van der Waals surface area contributed by atoms with Crippen LogP contribution in [-0.4, -0.2) is 183 Å². The summed E-state index contributed by atoms with van der Waals surface area (Å²) in [6.45, 7) is 13.3. The van der Waals surface area contributed by atoms with Gasteiger partial charge in [0.25, 0.3) is 0 Å². The molecule has 0 amide bonds. The van der Waals surface area contributed by atoms with E-state index in [9.17, 15) is 19.2 Å². The molecule has 8 heterocycles. The van der Waals surface area contributed by atoms with E-state index < -0.39 is 48.3 Å². The van der Waals surface area contributed by atoms with Gasteiger partial charge < -0.3 is 40.9 Å². The molecule has 4 saturated heterocycles. The molecule has 4 fully saturated rings. The molecule has 8 rings (SSSR count). The first-order valence-electron chi connectivity index (χ1n) is 24.2. The minimum absolute atomic E-state index is 0.605. The molecular formula is C52H76N8O12. The van der Waals surface area contributed by atoms with Crippen molar-refractivity contribution in [3.63, 3.8) is 0 Å². The molecule has 4 aliphatic rings. The molecule has 0 aromatic carbocycles. The van der Waals surface area contributed by atoms with Crippen molar-refractivity contribution in [1.82, 2.24) is 39.5 Å². The largest absolute Gasteiger partial charge is 0.479 e. The number of aryl methyl sites for hydroxylation is 4. The summed E-state index contributed by atoms with van der Waals surface area (Å²) >= 11 is 0. The number of carboxylic acid groups (broad SMARTS) is 4. The van der Waals surface area contributed by atoms with Gasteiger partial charge in [-0.15, -0.1) is 0 Å². The van der Waals surface area contributed by atoms with E-state index in [1.165, 1.54) is 123 Å². The Hall–Kier alpha value is -5.84. The van der Waals surface area contributed by atoms with E-state index in [2.05, 4.69) is 120 Å². The van der Waals surface area contributed by atoms with Crippen molar-refractivity contribution in [2.24, 2.45) is 0 Å². The molecule has 396 valence electrons. The zero-order chi connectivity index (χ0) is 53.7. The number of aliphatic carboxylic acids is 4. The molecule has 0 saturated carbocycles. The van der Waals surface area contributed by atoms with Gasteiger partial charge in [0.05, 0.1) is 0 Å². The van der Waals surface area contributed by atoms with Gasteiger partial charge in [0.1, 0.15) is 0 Å². The molecule has 20 heteroatoms. The second-order valence-electron chi connectivity index (χ2n) is 18.4. The molecule has 4 aromatic rings. The number of rotatable bonds is 10. The fourth-order valence-electron chi connectivity index (χ4n) is 9.15. The molecule has 8 N–H and O–H groups in total. The van der Waals surface area contributed by atoms with Crippen LogP contribution in [0.25, 0.3) is 0 Å². The number of hydrogen-bond donors (Lipinski definition) is 8. The average molecular weight is 1010 g/mol. The SMILES string of the molecule is Cc1ncccc1[C@@H]1CCCN1C.Cc1ncccc1[C@@H]1CCCN1C.Cc1ncccc1[C@@H]1CCCN1C.Cc1ncccc1[C@@H]1CCCN1C.O=C(O)C(O)C(O)C(=O)O.O=C(O)C(O)C(O)C(=O)O.